The molecule has 0 aliphatic rings. The number of hydrogen-bond donors (Lipinski definition) is 1. The van der Waals surface area contributed by atoms with E-state index in [1.54, 1.807) is 30.3 Å². The van der Waals surface area contributed by atoms with Crippen molar-refractivity contribution >= 4 is 11.9 Å². The van der Waals surface area contributed by atoms with Crippen LogP contribution in [0.5, 0.6) is 0 Å². The second kappa shape index (κ2) is 7.97. The van der Waals surface area contributed by atoms with Crippen molar-refractivity contribution in [3.63, 3.8) is 0 Å². The zero-order valence-electron chi connectivity index (χ0n) is 13.5. The topological polar surface area (TPSA) is 92.3 Å². The fraction of sp³-hybridized carbons (Fsp3) is 0.278. The number of furan rings is 1. The highest BCUT2D eigenvalue weighted by Gasteiger charge is 2.27. The first-order chi connectivity index (χ1) is 11.5. The van der Waals surface area contributed by atoms with Gasteiger partial charge >= 0.3 is 5.97 Å². The van der Waals surface area contributed by atoms with Crippen LogP contribution in [0.2, 0.25) is 0 Å². The maximum absolute atomic E-state index is 12.3. The molecular weight excluding hydrogens is 308 g/mol. The summed E-state index contributed by atoms with van der Waals surface area (Å²) in [6, 6.07) is 11.1. The number of esters is 1. The van der Waals surface area contributed by atoms with Gasteiger partial charge in [0, 0.05) is 0 Å². The summed E-state index contributed by atoms with van der Waals surface area (Å²) in [7, 11) is 0. The van der Waals surface area contributed by atoms with Crippen molar-refractivity contribution in [3.8, 4) is 6.07 Å². The molecule has 0 aliphatic heterocycles. The molecule has 6 nitrogen and oxygen atoms in total. The van der Waals surface area contributed by atoms with Crippen molar-refractivity contribution in [3.05, 3.63) is 59.5 Å². The molecule has 1 N–H and O–H groups in total. The van der Waals surface area contributed by atoms with Gasteiger partial charge in [0.2, 0.25) is 0 Å². The maximum atomic E-state index is 12.3. The fourth-order valence-electron chi connectivity index (χ4n) is 2.04. The van der Waals surface area contributed by atoms with Gasteiger partial charge in [0.15, 0.2) is 5.76 Å². The fourth-order valence-corrected chi connectivity index (χ4v) is 2.04. The lowest BCUT2D eigenvalue weighted by molar-refractivity contribution is -0.148. The van der Waals surface area contributed by atoms with Gasteiger partial charge in [-0.15, -0.1) is 0 Å². The van der Waals surface area contributed by atoms with E-state index in [9.17, 15) is 9.59 Å². The summed E-state index contributed by atoms with van der Waals surface area (Å²) in [5, 5.41) is 11.4. The van der Waals surface area contributed by atoms with Crippen LogP contribution < -0.4 is 5.32 Å². The van der Waals surface area contributed by atoms with Crippen LogP contribution in [0.1, 0.15) is 35.5 Å². The summed E-state index contributed by atoms with van der Waals surface area (Å²) in [6.07, 6.45) is 1.39. The van der Waals surface area contributed by atoms with Crippen molar-refractivity contribution in [2.75, 3.05) is 0 Å². The number of carbonyl (C=O) groups excluding carboxylic acids is 2. The van der Waals surface area contributed by atoms with Crippen LogP contribution in [-0.4, -0.2) is 17.9 Å². The molecule has 0 radical (unpaired) electrons. The third-order valence-corrected chi connectivity index (χ3v) is 3.42. The van der Waals surface area contributed by atoms with Gasteiger partial charge in [0.05, 0.1) is 17.9 Å². The summed E-state index contributed by atoms with van der Waals surface area (Å²) in [5.41, 5.74) is 1.30. The molecule has 2 aromatic rings. The summed E-state index contributed by atoms with van der Waals surface area (Å²) in [6.45, 7) is 3.70. The molecule has 1 heterocycles. The number of hydrogen-bond acceptors (Lipinski definition) is 5. The highest BCUT2D eigenvalue weighted by Crippen LogP contribution is 2.10. The van der Waals surface area contributed by atoms with Gasteiger partial charge in [-0.25, -0.2) is 4.79 Å². The van der Waals surface area contributed by atoms with Crippen LogP contribution in [0.15, 0.2) is 47.1 Å². The Morgan fingerprint density at radius 2 is 1.96 bits per heavy atom. The van der Waals surface area contributed by atoms with Crippen molar-refractivity contribution in [1.29, 1.82) is 5.26 Å². The molecule has 2 rings (SSSR count). The molecule has 1 atom stereocenters. The van der Waals surface area contributed by atoms with E-state index in [4.69, 9.17) is 14.4 Å². The summed E-state index contributed by atoms with van der Waals surface area (Å²) < 4.78 is 10.3. The first kappa shape index (κ1) is 17.3. The minimum atomic E-state index is -0.777. The molecule has 124 valence electrons. The average molecular weight is 326 g/mol. The number of amides is 1. The second-order valence-corrected chi connectivity index (χ2v) is 5.59. The predicted molar refractivity (Wildman–Crippen MR) is 85.8 cm³/mol. The lowest BCUT2D eigenvalue weighted by Gasteiger charge is -2.20. The Balaban J connectivity index is 1.95. The molecule has 0 spiro atoms. The summed E-state index contributed by atoms with van der Waals surface area (Å²) in [4.78, 5) is 24.3. The van der Waals surface area contributed by atoms with Crippen LogP contribution in [-0.2, 0) is 16.1 Å². The predicted octanol–water partition coefficient (Wildman–Crippen LogP) is 2.65. The third-order valence-electron chi connectivity index (χ3n) is 3.42. The van der Waals surface area contributed by atoms with Gasteiger partial charge in [-0.3, -0.25) is 4.79 Å². The highest BCUT2D eigenvalue weighted by atomic mass is 16.5. The highest BCUT2D eigenvalue weighted by molar-refractivity contribution is 5.94. The molecular formula is C18H18N2O4. The van der Waals surface area contributed by atoms with E-state index in [0.29, 0.717) is 5.56 Å². The molecule has 0 saturated carbocycles. The molecule has 0 fully saturated rings. The number of carbonyl (C=O) groups is 2. The Morgan fingerprint density at radius 3 is 2.50 bits per heavy atom. The van der Waals surface area contributed by atoms with Gasteiger partial charge in [-0.05, 0) is 35.7 Å². The number of ether oxygens (including phenoxy) is 1. The Bertz CT molecular complexity index is 727. The normalized spacial score (nSPS) is 11.6. The van der Waals surface area contributed by atoms with Gasteiger partial charge in [0.25, 0.3) is 5.91 Å². The second-order valence-electron chi connectivity index (χ2n) is 5.59. The molecule has 1 aromatic carbocycles. The van der Waals surface area contributed by atoms with Crippen LogP contribution in [0, 0.1) is 17.2 Å². The summed E-state index contributed by atoms with van der Waals surface area (Å²) in [5.74, 6) is -0.985. The van der Waals surface area contributed by atoms with E-state index in [-0.39, 0.29) is 18.3 Å². The van der Waals surface area contributed by atoms with E-state index in [0.717, 1.165) is 5.56 Å². The Kier molecular flexibility index (Phi) is 5.74. The minimum Gasteiger partial charge on any atom is -0.459 e. The van der Waals surface area contributed by atoms with Crippen LogP contribution >= 0.6 is 0 Å². The summed E-state index contributed by atoms with van der Waals surface area (Å²) >= 11 is 0. The van der Waals surface area contributed by atoms with E-state index in [2.05, 4.69) is 5.32 Å². The Hall–Kier alpha value is -3.07. The average Bonchev–Trinajstić information content (AvgIpc) is 3.12. The molecule has 0 bridgehead atoms. The van der Waals surface area contributed by atoms with E-state index >= 15 is 0 Å². The zero-order valence-corrected chi connectivity index (χ0v) is 13.5. The number of benzene rings is 1. The van der Waals surface area contributed by atoms with E-state index in [1.807, 2.05) is 19.9 Å². The molecule has 1 amide bonds. The third kappa shape index (κ3) is 4.46. The molecule has 0 unspecified atom stereocenters. The van der Waals surface area contributed by atoms with Gasteiger partial charge < -0.3 is 14.5 Å². The Morgan fingerprint density at radius 1 is 1.25 bits per heavy atom. The standard InChI is InChI=1S/C18H18N2O4/c1-12(2)16(20-17(21)15-4-3-9-23-15)18(22)24-11-14-7-5-13(10-19)6-8-14/h3-9,12,16H,11H2,1-2H3,(H,20,21)/t16-/m0/s1. The number of nitriles is 1. The van der Waals surface area contributed by atoms with Crippen molar-refractivity contribution in [2.45, 2.75) is 26.5 Å². The Labute approximate surface area is 140 Å². The minimum absolute atomic E-state index is 0.0738. The number of rotatable bonds is 6. The number of nitrogens with one attached hydrogen (secondary N) is 1. The molecule has 0 aliphatic carbocycles. The molecule has 0 saturated heterocycles. The van der Waals surface area contributed by atoms with Crippen LogP contribution in [0.3, 0.4) is 0 Å². The quantitative estimate of drug-likeness (QED) is 0.824. The van der Waals surface area contributed by atoms with Gasteiger partial charge in [-0.1, -0.05) is 26.0 Å². The monoisotopic (exact) mass is 326 g/mol. The van der Waals surface area contributed by atoms with Crippen molar-refractivity contribution in [1.82, 2.24) is 5.32 Å². The lowest BCUT2D eigenvalue weighted by Crippen LogP contribution is -2.45. The first-order valence-corrected chi connectivity index (χ1v) is 7.51. The molecule has 24 heavy (non-hydrogen) atoms. The van der Waals surface area contributed by atoms with Gasteiger partial charge in [0.1, 0.15) is 12.6 Å². The SMILES string of the molecule is CC(C)[C@H](NC(=O)c1ccco1)C(=O)OCc1ccc(C#N)cc1. The number of nitrogens with zero attached hydrogens (tertiary/aromatic N) is 1. The molecule has 1 aromatic heterocycles. The smallest absolute Gasteiger partial charge is 0.329 e. The van der Waals surface area contributed by atoms with E-state index in [1.165, 1.54) is 12.3 Å². The lowest BCUT2D eigenvalue weighted by atomic mass is 10.0. The van der Waals surface area contributed by atoms with Crippen LogP contribution in [0.4, 0.5) is 0 Å². The van der Waals surface area contributed by atoms with Crippen molar-refractivity contribution < 1.29 is 18.7 Å². The van der Waals surface area contributed by atoms with Gasteiger partial charge in [-0.2, -0.15) is 5.26 Å². The zero-order chi connectivity index (χ0) is 17.5. The largest absolute Gasteiger partial charge is 0.459 e. The van der Waals surface area contributed by atoms with Crippen LogP contribution in [0.25, 0.3) is 0 Å². The maximum Gasteiger partial charge on any atom is 0.329 e. The first-order valence-electron chi connectivity index (χ1n) is 7.51. The van der Waals surface area contributed by atoms with E-state index < -0.39 is 17.9 Å². The molecule has 6 heteroatoms. The van der Waals surface area contributed by atoms with Crippen molar-refractivity contribution in [2.24, 2.45) is 5.92 Å².